The fraction of sp³-hybridized carbons (Fsp3) is 0.500. The summed E-state index contributed by atoms with van der Waals surface area (Å²) < 4.78 is 4.97. The quantitative estimate of drug-likeness (QED) is 0.789. The number of aromatic hydroxyl groups is 1. The number of halogens is 1. The third-order valence-electron chi connectivity index (χ3n) is 2.66. The summed E-state index contributed by atoms with van der Waals surface area (Å²) in [5.41, 5.74) is 0.255. The van der Waals surface area contributed by atoms with Crippen LogP contribution in [0.2, 0.25) is 0 Å². The predicted molar refractivity (Wildman–Crippen MR) is 79.2 cm³/mol. The van der Waals surface area contributed by atoms with Gasteiger partial charge in [0.1, 0.15) is 11.5 Å². The molecular formula is C14H20BrNO3. The Balaban J connectivity index is 2.58. The Morgan fingerprint density at radius 1 is 1.47 bits per heavy atom. The molecule has 1 rings (SSSR count). The zero-order valence-corrected chi connectivity index (χ0v) is 13.0. The lowest BCUT2D eigenvalue weighted by Crippen LogP contribution is -2.30. The van der Waals surface area contributed by atoms with Gasteiger partial charge >= 0.3 is 0 Å². The molecule has 1 unspecified atom stereocenters. The molecule has 19 heavy (non-hydrogen) atoms. The highest BCUT2D eigenvalue weighted by Crippen LogP contribution is 2.23. The van der Waals surface area contributed by atoms with E-state index in [0.717, 1.165) is 6.42 Å². The molecule has 106 valence electrons. The molecule has 1 aromatic carbocycles. The minimum atomic E-state index is -0.284. The van der Waals surface area contributed by atoms with Gasteiger partial charge in [-0.3, -0.25) is 4.79 Å². The van der Waals surface area contributed by atoms with E-state index in [0.29, 0.717) is 18.2 Å². The number of carbonyl (C=O) groups excluding carboxylic acids is 1. The average molecular weight is 330 g/mol. The van der Waals surface area contributed by atoms with Crippen LogP contribution in [0, 0.1) is 5.92 Å². The molecule has 0 aliphatic rings. The van der Waals surface area contributed by atoms with Crippen molar-refractivity contribution >= 4 is 21.8 Å². The molecule has 0 heterocycles. The highest BCUT2D eigenvalue weighted by Gasteiger charge is 2.14. The van der Waals surface area contributed by atoms with Gasteiger partial charge in [0.05, 0.1) is 12.7 Å². The lowest BCUT2D eigenvalue weighted by molar-refractivity contribution is 0.0950. The largest absolute Gasteiger partial charge is 0.507 e. The Hall–Kier alpha value is -1.23. The van der Waals surface area contributed by atoms with E-state index in [1.165, 1.54) is 13.2 Å². The molecule has 0 aliphatic carbocycles. The van der Waals surface area contributed by atoms with Gasteiger partial charge in [0.2, 0.25) is 0 Å². The van der Waals surface area contributed by atoms with E-state index in [2.05, 4.69) is 35.1 Å². The molecule has 0 fully saturated rings. The molecule has 0 aromatic heterocycles. The van der Waals surface area contributed by atoms with Gasteiger partial charge < -0.3 is 15.2 Å². The van der Waals surface area contributed by atoms with Gasteiger partial charge in [-0.15, -0.1) is 0 Å². The van der Waals surface area contributed by atoms with Crippen LogP contribution < -0.4 is 10.1 Å². The van der Waals surface area contributed by atoms with Gasteiger partial charge in [-0.05, 0) is 24.5 Å². The second kappa shape index (κ2) is 7.38. The zero-order chi connectivity index (χ0) is 14.4. The first kappa shape index (κ1) is 15.8. The van der Waals surface area contributed by atoms with Crippen LogP contribution in [0.3, 0.4) is 0 Å². The number of rotatable bonds is 6. The summed E-state index contributed by atoms with van der Waals surface area (Å²) in [5, 5.41) is 12.5. The van der Waals surface area contributed by atoms with Crippen LogP contribution in [0.4, 0.5) is 0 Å². The van der Waals surface area contributed by atoms with Crippen molar-refractivity contribution in [2.75, 3.05) is 13.7 Å². The summed E-state index contributed by atoms with van der Waals surface area (Å²) in [7, 11) is 1.51. The first-order valence-electron chi connectivity index (χ1n) is 6.23. The number of carbonyl (C=O) groups is 1. The van der Waals surface area contributed by atoms with Crippen LogP contribution in [0.5, 0.6) is 11.5 Å². The maximum absolute atomic E-state index is 11.9. The molecule has 1 atom stereocenters. The van der Waals surface area contributed by atoms with E-state index in [4.69, 9.17) is 4.74 Å². The van der Waals surface area contributed by atoms with Crippen molar-refractivity contribution in [3.63, 3.8) is 0 Å². The molecule has 0 saturated heterocycles. The maximum atomic E-state index is 11.9. The van der Waals surface area contributed by atoms with Crippen molar-refractivity contribution < 1.29 is 14.6 Å². The van der Waals surface area contributed by atoms with E-state index in [-0.39, 0.29) is 22.0 Å². The van der Waals surface area contributed by atoms with Crippen molar-refractivity contribution in [1.82, 2.24) is 5.32 Å². The maximum Gasteiger partial charge on any atom is 0.255 e. The molecule has 4 nitrogen and oxygen atoms in total. The second-order valence-corrected chi connectivity index (χ2v) is 6.11. The normalized spacial score (nSPS) is 12.3. The Morgan fingerprint density at radius 3 is 2.68 bits per heavy atom. The van der Waals surface area contributed by atoms with Gasteiger partial charge in [-0.1, -0.05) is 29.8 Å². The van der Waals surface area contributed by atoms with Crippen LogP contribution >= 0.6 is 15.9 Å². The minimum Gasteiger partial charge on any atom is -0.507 e. The van der Waals surface area contributed by atoms with Crippen molar-refractivity contribution in [3.8, 4) is 11.5 Å². The smallest absolute Gasteiger partial charge is 0.255 e. The first-order valence-corrected chi connectivity index (χ1v) is 7.15. The molecule has 2 N–H and O–H groups in total. The summed E-state index contributed by atoms with van der Waals surface area (Å²) in [5.74, 6) is 0.725. The van der Waals surface area contributed by atoms with Crippen LogP contribution in [-0.4, -0.2) is 29.5 Å². The number of benzene rings is 1. The third kappa shape index (κ3) is 5.11. The highest BCUT2D eigenvalue weighted by atomic mass is 79.9. The Kier molecular flexibility index (Phi) is 6.15. The molecule has 0 saturated carbocycles. The van der Waals surface area contributed by atoms with Crippen molar-refractivity contribution in [3.05, 3.63) is 23.8 Å². The summed E-state index contributed by atoms with van der Waals surface area (Å²) in [6.07, 6.45) is 0.981. The molecule has 5 heteroatoms. The number of hydrogen-bond acceptors (Lipinski definition) is 3. The third-order valence-corrected chi connectivity index (χ3v) is 3.36. The molecule has 0 radical (unpaired) electrons. The van der Waals surface area contributed by atoms with Crippen LogP contribution in [-0.2, 0) is 0 Å². The van der Waals surface area contributed by atoms with Crippen molar-refractivity contribution in [2.24, 2.45) is 5.92 Å². The van der Waals surface area contributed by atoms with Crippen LogP contribution in [0.25, 0.3) is 0 Å². The molecule has 0 bridgehead atoms. The number of methoxy groups -OCH3 is 1. The Bertz CT molecular complexity index is 435. The predicted octanol–water partition coefficient (Wildman–Crippen LogP) is 2.94. The average Bonchev–Trinajstić information content (AvgIpc) is 2.35. The number of nitrogens with one attached hydrogen (secondary N) is 1. The summed E-state index contributed by atoms with van der Waals surface area (Å²) in [6, 6.07) is 4.62. The molecule has 1 amide bonds. The Morgan fingerprint density at radius 2 is 2.16 bits per heavy atom. The summed E-state index contributed by atoms with van der Waals surface area (Å²) in [4.78, 5) is 12.2. The number of hydrogen-bond donors (Lipinski definition) is 2. The van der Waals surface area contributed by atoms with Crippen LogP contribution in [0.1, 0.15) is 30.6 Å². The minimum absolute atomic E-state index is 0.0770. The molecule has 1 aromatic rings. The first-order chi connectivity index (χ1) is 8.93. The number of alkyl halides is 1. The van der Waals surface area contributed by atoms with Crippen molar-refractivity contribution in [2.45, 2.75) is 25.1 Å². The van der Waals surface area contributed by atoms with E-state index in [9.17, 15) is 9.90 Å². The van der Waals surface area contributed by atoms with E-state index < -0.39 is 0 Å². The Labute approximate surface area is 122 Å². The SMILES string of the molecule is COc1ccc(C(=O)NCC(Br)CC(C)C)c(O)c1. The van der Waals surface area contributed by atoms with Gasteiger partial charge in [0, 0.05) is 17.4 Å². The summed E-state index contributed by atoms with van der Waals surface area (Å²) >= 11 is 3.52. The standard InChI is InChI=1S/C14H20BrNO3/c1-9(2)6-10(15)8-16-14(18)12-5-4-11(19-3)7-13(12)17/h4-5,7,9-10,17H,6,8H2,1-3H3,(H,16,18). The topological polar surface area (TPSA) is 58.6 Å². The van der Waals surface area contributed by atoms with Gasteiger partial charge in [-0.2, -0.15) is 0 Å². The fourth-order valence-electron chi connectivity index (χ4n) is 1.72. The molecular weight excluding hydrogens is 310 g/mol. The molecule has 0 aliphatic heterocycles. The monoisotopic (exact) mass is 329 g/mol. The number of ether oxygens (including phenoxy) is 1. The lowest BCUT2D eigenvalue weighted by atomic mass is 10.1. The van der Waals surface area contributed by atoms with E-state index >= 15 is 0 Å². The van der Waals surface area contributed by atoms with Crippen molar-refractivity contribution in [1.29, 1.82) is 0 Å². The molecule has 0 spiro atoms. The number of phenols is 1. The number of phenolic OH excluding ortho intramolecular Hbond substituents is 1. The van der Waals surface area contributed by atoms with Crippen LogP contribution in [0.15, 0.2) is 18.2 Å². The lowest BCUT2D eigenvalue weighted by Gasteiger charge is -2.14. The highest BCUT2D eigenvalue weighted by molar-refractivity contribution is 9.09. The fourth-order valence-corrected chi connectivity index (χ4v) is 2.63. The van der Waals surface area contributed by atoms with Gasteiger partial charge in [-0.25, -0.2) is 0 Å². The summed E-state index contributed by atoms with van der Waals surface area (Å²) in [6.45, 7) is 4.79. The zero-order valence-electron chi connectivity index (χ0n) is 11.4. The number of amides is 1. The van der Waals surface area contributed by atoms with E-state index in [1.807, 2.05) is 0 Å². The second-order valence-electron chi connectivity index (χ2n) is 4.82. The van der Waals surface area contributed by atoms with Gasteiger partial charge in [0.15, 0.2) is 0 Å². The van der Waals surface area contributed by atoms with Gasteiger partial charge in [0.25, 0.3) is 5.91 Å². The van der Waals surface area contributed by atoms with E-state index in [1.54, 1.807) is 12.1 Å².